The fourth-order valence-electron chi connectivity index (χ4n) is 0.682. The first kappa shape index (κ1) is 6.26. The van der Waals surface area contributed by atoms with E-state index in [-0.39, 0.29) is 0 Å². The van der Waals surface area contributed by atoms with Gasteiger partial charge in [0.1, 0.15) is 0 Å². The molecule has 0 fully saturated rings. The topological polar surface area (TPSA) is 17.8 Å². The smallest absolute Gasteiger partial charge is 0.0744 e. The fourth-order valence-corrected chi connectivity index (χ4v) is 0.682. The maximum absolute atomic E-state index is 12.4. The van der Waals surface area contributed by atoms with Crippen LogP contribution in [-0.2, 0) is 0 Å². The summed E-state index contributed by atoms with van der Waals surface area (Å²) in [5.41, 5.74) is 2.28. The average molecular weight is 128 g/mol. The molecule has 0 N–H and O–H groups in total. The first-order chi connectivity index (χ1) is 4.13. The molecule has 0 radical (unpaired) electrons. The van der Waals surface area contributed by atoms with Crippen molar-refractivity contribution < 1.29 is 4.48 Å². The van der Waals surface area contributed by atoms with E-state index in [9.17, 15) is 4.48 Å². The average Bonchev–Trinajstić information content (AvgIpc) is 1.98. The fraction of sp³-hybridized carbons (Fsp3) is 0.500. The Morgan fingerprint density at radius 1 is 1.33 bits per heavy atom. The highest BCUT2D eigenvalue weighted by molar-refractivity contribution is 5.21. The van der Waals surface area contributed by atoms with Crippen LogP contribution in [0.25, 0.3) is 0 Å². The second kappa shape index (κ2) is 1.83. The van der Waals surface area contributed by atoms with Crippen LogP contribution in [0, 0.1) is 20.8 Å². The molecule has 0 aliphatic heterocycles. The van der Waals surface area contributed by atoms with Crippen LogP contribution in [0.1, 0.15) is 17.0 Å². The van der Waals surface area contributed by atoms with Crippen molar-refractivity contribution in [3.05, 3.63) is 17.0 Å². The quantitative estimate of drug-likeness (QED) is 0.518. The SMILES string of the molecule is Cc1nn(F)c(C)c1C. The van der Waals surface area contributed by atoms with Gasteiger partial charge in [-0.3, -0.25) is 0 Å². The lowest BCUT2D eigenvalue weighted by Crippen LogP contribution is -1.86. The minimum Gasteiger partial charge on any atom is -0.147 e. The van der Waals surface area contributed by atoms with Crippen LogP contribution < -0.4 is 0 Å². The van der Waals surface area contributed by atoms with Crippen LogP contribution in [-0.4, -0.2) is 10.0 Å². The van der Waals surface area contributed by atoms with Crippen LogP contribution in [0.2, 0.25) is 0 Å². The molecule has 1 aromatic rings. The predicted molar refractivity (Wildman–Crippen MR) is 32.9 cm³/mol. The first-order valence-electron chi connectivity index (χ1n) is 2.82. The van der Waals surface area contributed by atoms with Crippen molar-refractivity contribution in [3.8, 4) is 0 Å². The maximum atomic E-state index is 12.4. The van der Waals surface area contributed by atoms with E-state index in [1.807, 2.05) is 6.92 Å². The standard InChI is InChI=1S/C6H9FN2/c1-4-5(2)8-9(7)6(4)3/h1-3H3. The van der Waals surface area contributed by atoms with Crippen LogP contribution in [0.15, 0.2) is 0 Å². The Bertz CT molecular complexity index is 205. The largest absolute Gasteiger partial charge is 0.147 e. The maximum Gasteiger partial charge on any atom is 0.0744 e. The molecule has 0 aliphatic rings. The highest BCUT2D eigenvalue weighted by Crippen LogP contribution is 2.09. The van der Waals surface area contributed by atoms with Crippen LogP contribution in [0.5, 0.6) is 0 Å². The lowest BCUT2D eigenvalue weighted by molar-refractivity contribution is 0.305. The van der Waals surface area contributed by atoms with Gasteiger partial charge in [-0.1, -0.05) is 9.39 Å². The highest BCUT2D eigenvalue weighted by atomic mass is 19.2. The number of rotatable bonds is 0. The molecular formula is C6H9FN2. The minimum atomic E-state index is 0.407. The van der Waals surface area contributed by atoms with Crippen molar-refractivity contribution in [1.29, 1.82) is 0 Å². The molecule has 0 saturated heterocycles. The normalized spacial score (nSPS) is 10.2. The summed E-state index contributed by atoms with van der Waals surface area (Å²) in [5, 5.41) is 3.56. The molecule has 0 unspecified atom stereocenters. The van der Waals surface area contributed by atoms with Crippen molar-refractivity contribution in [1.82, 2.24) is 10.0 Å². The number of nitrogens with zero attached hydrogens (tertiary/aromatic N) is 2. The second-order valence-corrected chi connectivity index (χ2v) is 2.16. The zero-order chi connectivity index (χ0) is 7.02. The summed E-state index contributed by atoms with van der Waals surface area (Å²) in [7, 11) is 0. The van der Waals surface area contributed by atoms with E-state index in [1.165, 1.54) is 0 Å². The summed E-state index contributed by atoms with van der Waals surface area (Å²) < 4.78 is 12.4. The van der Waals surface area contributed by atoms with Crippen LogP contribution in [0.4, 0.5) is 4.48 Å². The molecule has 9 heavy (non-hydrogen) atoms. The van der Waals surface area contributed by atoms with Gasteiger partial charge < -0.3 is 0 Å². The van der Waals surface area contributed by atoms with E-state index in [0.29, 0.717) is 10.6 Å². The van der Waals surface area contributed by atoms with Gasteiger partial charge in [0.25, 0.3) is 0 Å². The monoisotopic (exact) mass is 128 g/mol. The summed E-state index contributed by atoms with van der Waals surface area (Å²) in [5.74, 6) is 0. The van der Waals surface area contributed by atoms with E-state index in [4.69, 9.17) is 0 Å². The van der Waals surface area contributed by atoms with Gasteiger partial charge in [-0.15, -0.1) is 5.10 Å². The third-order valence-electron chi connectivity index (χ3n) is 1.60. The zero-order valence-electron chi connectivity index (χ0n) is 5.77. The molecular weight excluding hydrogens is 119 g/mol. The Kier molecular flexibility index (Phi) is 1.27. The first-order valence-corrected chi connectivity index (χ1v) is 2.82. The summed E-state index contributed by atoms with van der Waals surface area (Å²) >= 11 is 0. The number of aromatic nitrogens is 2. The number of aryl methyl sites for hydroxylation is 1. The minimum absolute atomic E-state index is 0.407. The van der Waals surface area contributed by atoms with Crippen molar-refractivity contribution in [3.63, 3.8) is 0 Å². The molecule has 3 heteroatoms. The van der Waals surface area contributed by atoms with Crippen LogP contribution >= 0.6 is 0 Å². The Balaban J connectivity index is 3.29. The van der Waals surface area contributed by atoms with Crippen molar-refractivity contribution in [2.45, 2.75) is 20.8 Å². The summed E-state index contributed by atoms with van der Waals surface area (Å²) in [6.07, 6.45) is 0. The van der Waals surface area contributed by atoms with E-state index < -0.39 is 0 Å². The molecule has 1 rings (SSSR count). The van der Waals surface area contributed by atoms with Gasteiger partial charge in [-0.05, 0) is 26.3 Å². The molecule has 0 atom stereocenters. The number of halogens is 1. The molecule has 0 aliphatic carbocycles. The van der Waals surface area contributed by atoms with Gasteiger partial charge >= 0.3 is 0 Å². The molecule has 50 valence electrons. The Labute approximate surface area is 53.2 Å². The molecule has 1 aromatic heterocycles. The van der Waals surface area contributed by atoms with Crippen molar-refractivity contribution >= 4 is 0 Å². The van der Waals surface area contributed by atoms with Gasteiger partial charge in [0.2, 0.25) is 0 Å². The third kappa shape index (κ3) is 0.823. The van der Waals surface area contributed by atoms with Gasteiger partial charge in [-0.25, -0.2) is 0 Å². The molecule has 0 aromatic carbocycles. The Morgan fingerprint density at radius 3 is 2.00 bits per heavy atom. The second-order valence-electron chi connectivity index (χ2n) is 2.16. The molecule has 2 nitrogen and oxygen atoms in total. The predicted octanol–water partition coefficient (Wildman–Crippen LogP) is 1.54. The van der Waals surface area contributed by atoms with E-state index >= 15 is 0 Å². The van der Waals surface area contributed by atoms with Crippen molar-refractivity contribution in [2.24, 2.45) is 0 Å². The third-order valence-corrected chi connectivity index (χ3v) is 1.60. The molecule has 0 spiro atoms. The summed E-state index contributed by atoms with van der Waals surface area (Å²) in [4.78, 5) is 0.407. The highest BCUT2D eigenvalue weighted by Gasteiger charge is 2.04. The van der Waals surface area contributed by atoms with Gasteiger partial charge in [0.05, 0.1) is 11.4 Å². The molecule has 0 bridgehead atoms. The molecule has 0 saturated carbocycles. The van der Waals surface area contributed by atoms with Gasteiger partial charge in [-0.2, -0.15) is 0 Å². The summed E-state index contributed by atoms with van der Waals surface area (Å²) in [6, 6.07) is 0. The van der Waals surface area contributed by atoms with Gasteiger partial charge in [0.15, 0.2) is 0 Å². The Hall–Kier alpha value is -0.860. The van der Waals surface area contributed by atoms with Gasteiger partial charge in [0, 0.05) is 0 Å². The number of hydrogen-bond donors (Lipinski definition) is 0. The molecule has 0 amide bonds. The van der Waals surface area contributed by atoms with Crippen molar-refractivity contribution in [2.75, 3.05) is 0 Å². The number of hydrogen-bond acceptors (Lipinski definition) is 1. The molecule has 1 heterocycles. The van der Waals surface area contributed by atoms with E-state index in [1.54, 1.807) is 13.8 Å². The Morgan fingerprint density at radius 2 is 1.89 bits per heavy atom. The zero-order valence-corrected chi connectivity index (χ0v) is 5.77. The van der Waals surface area contributed by atoms with E-state index in [2.05, 4.69) is 5.10 Å². The lowest BCUT2D eigenvalue weighted by atomic mass is 10.2. The lowest BCUT2D eigenvalue weighted by Gasteiger charge is -1.86. The summed E-state index contributed by atoms with van der Waals surface area (Å²) in [6.45, 7) is 5.35. The van der Waals surface area contributed by atoms with Crippen LogP contribution in [0.3, 0.4) is 0 Å². The van der Waals surface area contributed by atoms with E-state index in [0.717, 1.165) is 11.3 Å².